The molecule has 0 saturated carbocycles. The van der Waals surface area contributed by atoms with Gasteiger partial charge >= 0.3 is 0 Å². The Morgan fingerprint density at radius 1 is 1.04 bits per heavy atom. The summed E-state index contributed by atoms with van der Waals surface area (Å²) in [7, 11) is -3.66. The first-order chi connectivity index (χ1) is 11.0. The first-order valence-electron chi connectivity index (χ1n) is 7.15. The molecule has 1 N–H and O–H groups in total. The lowest BCUT2D eigenvalue weighted by Gasteiger charge is -2.16. The number of benzene rings is 2. The minimum absolute atomic E-state index is 0.103. The van der Waals surface area contributed by atoms with Gasteiger partial charge in [-0.2, -0.15) is 0 Å². The molecule has 3 rings (SSSR count). The summed E-state index contributed by atoms with van der Waals surface area (Å²) in [5.41, 5.74) is 1.24. The summed E-state index contributed by atoms with van der Waals surface area (Å²) in [5.74, 6) is 0.103. The summed E-state index contributed by atoms with van der Waals surface area (Å²) >= 11 is 3.25. The van der Waals surface area contributed by atoms with E-state index in [4.69, 9.17) is 0 Å². The number of halogens is 1. The molecule has 0 spiro atoms. The summed E-state index contributed by atoms with van der Waals surface area (Å²) in [6, 6.07) is 13.5. The average molecular weight is 395 g/mol. The number of sulfonamides is 1. The van der Waals surface area contributed by atoms with Gasteiger partial charge in [0.1, 0.15) is 4.90 Å². The van der Waals surface area contributed by atoms with Crippen molar-refractivity contribution in [2.24, 2.45) is 0 Å². The number of rotatable bonds is 4. The third-order valence-electron chi connectivity index (χ3n) is 3.63. The van der Waals surface area contributed by atoms with Gasteiger partial charge in [-0.15, -0.1) is 0 Å². The van der Waals surface area contributed by atoms with Crippen molar-refractivity contribution in [2.75, 3.05) is 16.2 Å². The van der Waals surface area contributed by atoms with E-state index in [1.807, 2.05) is 0 Å². The van der Waals surface area contributed by atoms with Crippen LogP contribution in [0.1, 0.15) is 12.8 Å². The van der Waals surface area contributed by atoms with E-state index in [0.29, 0.717) is 23.1 Å². The molecule has 1 fully saturated rings. The SMILES string of the molecule is O=C1CCCN1c1ccc(NS(=O)(=O)c2ccccc2Br)cc1. The predicted molar refractivity (Wildman–Crippen MR) is 93.0 cm³/mol. The monoisotopic (exact) mass is 394 g/mol. The number of hydrogen-bond donors (Lipinski definition) is 1. The third kappa shape index (κ3) is 3.40. The van der Waals surface area contributed by atoms with Crippen LogP contribution >= 0.6 is 15.9 Å². The van der Waals surface area contributed by atoms with Gasteiger partial charge in [-0.05, 0) is 58.7 Å². The van der Waals surface area contributed by atoms with Gasteiger partial charge in [-0.25, -0.2) is 8.42 Å². The van der Waals surface area contributed by atoms with E-state index >= 15 is 0 Å². The highest BCUT2D eigenvalue weighted by Crippen LogP contribution is 2.26. The van der Waals surface area contributed by atoms with Gasteiger partial charge in [0.15, 0.2) is 0 Å². The Labute approximate surface area is 143 Å². The summed E-state index contributed by atoms with van der Waals surface area (Å²) in [6.07, 6.45) is 1.42. The molecule has 2 aromatic rings. The van der Waals surface area contributed by atoms with E-state index in [9.17, 15) is 13.2 Å². The maximum absolute atomic E-state index is 12.4. The van der Waals surface area contributed by atoms with Gasteiger partial charge in [-0.1, -0.05) is 12.1 Å². The Bertz CT molecular complexity index is 835. The number of anilines is 2. The first kappa shape index (κ1) is 16.0. The van der Waals surface area contributed by atoms with Gasteiger partial charge in [0, 0.05) is 28.8 Å². The maximum Gasteiger partial charge on any atom is 0.263 e. The molecular formula is C16H15BrN2O3S. The summed E-state index contributed by atoms with van der Waals surface area (Å²) in [5, 5.41) is 0. The van der Waals surface area contributed by atoms with Crippen LogP contribution in [0.2, 0.25) is 0 Å². The van der Waals surface area contributed by atoms with Crippen molar-refractivity contribution in [1.29, 1.82) is 0 Å². The second-order valence-corrected chi connectivity index (χ2v) is 7.74. The zero-order chi connectivity index (χ0) is 16.4. The second-order valence-electron chi connectivity index (χ2n) is 5.23. The Hall–Kier alpha value is -1.86. The molecule has 1 aliphatic heterocycles. The Morgan fingerprint density at radius 3 is 2.35 bits per heavy atom. The normalized spacial score (nSPS) is 15.0. The predicted octanol–water partition coefficient (Wildman–Crippen LogP) is 3.38. The molecule has 120 valence electrons. The molecular weight excluding hydrogens is 380 g/mol. The highest BCUT2D eigenvalue weighted by molar-refractivity contribution is 9.10. The lowest BCUT2D eigenvalue weighted by atomic mass is 10.2. The Kier molecular flexibility index (Phi) is 4.41. The number of nitrogens with one attached hydrogen (secondary N) is 1. The van der Waals surface area contributed by atoms with Gasteiger partial charge in [0.05, 0.1) is 0 Å². The Balaban J connectivity index is 1.81. The van der Waals surface area contributed by atoms with Gasteiger partial charge in [0.25, 0.3) is 10.0 Å². The quantitative estimate of drug-likeness (QED) is 0.863. The fraction of sp³-hybridized carbons (Fsp3) is 0.188. The number of nitrogens with zero attached hydrogens (tertiary/aromatic N) is 1. The molecule has 0 radical (unpaired) electrons. The molecule has 5 nitrogen and oxygen atoms in total. The van der Waals surface area contributed by atoms with E-state index in [1.165, 1.54) is 6.07 Å². The van der Waals surface area contributed by atoms with Crippen molar-refractivity contribution in [3.8, 4) is 0 Å². The van der Waals surface area contributed by atoms with Crippen molar-refractivity contribution >= 4 is 43.2 Å². The molecule has 1 amide bonds. The molecule has 1 saturated heterocycles. The van der Waals surface area contributed by atoms with Crippen LogP contribution in [0.5, 0.6) is 0 Å². The molecule has 7 heteroatoms. The van der Waals surface area contributed by atoms with Crippen LogP contribution in [0, 0.1) is 0 Å². The van der Waals surface area contributed by atoms with Crippen LogP contribution in [0.4, 0.5) is 11.4 Å². The van der Waals surface area contributed by atoms with Gasteiger partial charge in [-0.3, -0.25) is 9.52 Å². The molecule has 0 atom stereocenters. The van der Waals surface area contributed by atoms with Crippen molar-refractivity contribution in [1.82, 2.24) is 0 Å². The molecule has 2 aromatic carbocycles. The van der Waals surface area contributed by atoms with Crippen LogP contribution < -0.4 is 9.62 Å². The number of carbonyl (C=O) groups excluding carboxylic acids is 1. The van der Waals surface area contributed by atoms with Crippen LogP contribution in [0.3, 0.4) is 0 Å². The summed E-state index contributed by atoms with van der Waals surface area (Å²) in [6.45, 7) is 0.709. The number of carbonyl (C=O) groups is 1. The summed E-state index contributed by atoms with van der Waals surface area (Å²) < 4.78 is 27.9. The minimum Gasteiger partial charge on any atom is -0.312 e. The van der Waals surface area contributed by atoms with Crippen molar-refractivity contribution < 1.29 is 13.2 Å². The highest BCUT2D eigenvalue weighted by Gasteiger charge is 2.22. The van der Waals surface area contributed by atoms with Crippen LogP contribution in [0.15, 0.2) is 57.9 Å². The standard InChI is InChI=1S/C16H15BrN2O3S/c17-14-4-1-2-5-15(14)23(21,22)18-12-7-9-13(10-8-12)19-11-3-6-16(19)20/h1-2,4-5,7-10,18H,3,6,11H2. The zero-order valence-corrected chi connectivity index (χ0v) is 14.6. The molecule has 0 unspecified atom stereocenters. The largest absolute Gasteiger partial charge is 0.312 e. The molecule has 0 aromatic heterocycles. The Morgan fingerprint density at radius 2 is 1.74 bits per heavy atom. The average Bonchev–Trinajstić information content (AvgIpc) is 2.94. The third-order valence-corrected chi connectivity index (χ3v) is 6.02. The lowest BCUT2D eigenvalue weighted by Crippen LogP contribution is -2.23. The minimum atomic E-state index is -3.66. The van der Waals surface area contributed by atoms with Gasteiger partial charge < -0.3 is 4.90 Å². The number of hydrogen-bond acceptors (Lipinski definition) is 3. The van der Waals surface area contributed by atoms with Crippen LogP contribution in [0.25, 0.3) is 0 Å². The van der Waals surface area contributed by atoms with E-state index in [1.54, 1.807) is 47.4 Å². The smallest absolute Gasteiger partial charge is 0.263 e. The fourth-order valence-electron chi connectivity index (χ4n) is 2.50. The fourth-order valence-corrected chi connectivity index (χ4v) is 4.57. The van der Waals surface area contributed by atoms with Crippen LogP contribution in [-0.4, -0.2) is 20.9 Å². The first-order valence-corrected chi connectivity index (χ1v) is 9.43. The molecule has 1 heterocycles. The maximum atomic E-state index is 12.4. The highest BCUT2D eigenvalue weighted by atomic mass is 79.9. The zero-order valence-electron chi connectivity index (χ0n) is 12.2. The molecule has 0 aliphatic carbocycles. The van der Waals surface area contributed by atoms with Gasteiger partial charge in [0.2, 0.25) is 5.91 Å². The van der Waals surface area contributed by atoms with E-state index in [0.717, 1.165) is 12.1 Å². The van der Waals surface area contributed by atoms with E-state index in [2.05, 4.69) is 20.7 Å². The van der Waals surface area contributed by atoms with E-state index < -0.39 is 10.0 Å². The van der Waals surface area contributed by atoms with Crippen LogP contribution in [-0.2, 0) is 14.8 Å². The molecule has 1 aliphatic rings. The lowest BCUT2D eigenvalue weighted by molar-refractivity contribution is -0.117. The van der Waals surface area contributed by atoms with Crippen molar-refractivity contribution in [3.05, 3.63) is 53.0 Å². The summed E-state index contributed by atoms with van der Waals surface area (Å²) in [4.78, 5) is 13.6. The van der Waals surface area contributed by atoms with E-state index in [-0.39, 0.29) is 10.8 Å². The molecule has 23 heavy (non-hydrogen) atoms. The second kappa shape index (κ2) is 6.33. The molecule has 0 bridgehead atoms. The van der Waals surface area contributed by atoms with Crippen molar-refractivity contribution in [3.63, 3.8) is 0 Å². The van der Waals surface area contributed by atoms with Crippen molar-refractivity contribution in [2.45, 2.75) is 17.7 Å². The number of amides is 1. The topological polar surface area (TPSA) is 66.5 Å².